The lowest BCUT2D eigenvalue weighted by molar-refractivity contribution is -0.167. The van der Waals surface area contributed by atoms with Crippen molar-refractivity contribution in [3.63, 3.8) is 0 Å². The molecule has 0 aromatic carbocycles. The number of fused-ring (bicyclic) bond motifs is 5. The molecule has 42 heavy (non-hydrogen) atoms. The number of allylic oxidation sites excluding steroid dienone is 2. The number of nitrogens with zero attached hydrogens (tertiary/aromatic N) is 2. The van der Waals surface area contributed by atoms with Crippen molar-refractivity contribution in [1.29, 1.82) is 0 Å². The summed E-state index contributed by atoms with van der Waals surface area (Å²) in [5, 5.41) is 18.4. The fourth-order valence-electron chi connectivity index (χ4n) is 8.84. The van der Waals surface area contributed by atoms with Crippen molar-refractivity contribution < 1.29 is 28.2 Å². The summed E-state index contributed by atoms with van der Waals surface area (Å²) in [5.41, 5.74) is 2.27. The topological polar surface area (TPSA) is 127 Å². The first kappa shape index (κ1) is 30.4. The molecule has 0 bridgehead atoms. The summed E-state index contributed by atoms with van der Waals surface area (Å²) in [6, 6.07) is 3.04. The van der Waals surface area contributed by atoms with Gasteiger partial charge in [0, 0.05) is 17.7 Å². The number of thiol groups is 1. The SMILES string of the molecule is C=O.CNCC1=C(Nc2ccc(F)nc2)C=C2CC[C@@H]3C([C@@H](O)C[C@@]4(C)C3CC[C@]4(Oc3cocn3)C(=O)S)[C@@]2(C)C1. The molecule has 3 saturated carbocycles. The Morgan fingerprint density at radius 3 is 2.71 bits per heavy atom. The number of pyridine rings is 1. The molecule has 2 aromatic heterocycles. The van der Waals surface area contributed by atoms with Crippen LogP contribution in [0.1, 0.15) is 52.4 Å². The van der Waals surface area contributed by atoms with E-state index in [9.17, 15) is 14.3 Å². The highest BCUT2D eigenvalue weighted by molar-refractivity contribution is 7.96. The van der Waals surface area contributed by atoms with Gasteiger partial charge in [-0.2, -0.15) is 9.37 Å². The molecule has 2 aromatic rings. The summed E-state index contributed by atoms with van der Waals surface area (Å²) >= 11 is 4.33. The Hall–Kier alpha value is -3.02. The Bertz CT molecular complexity index is 1370. The van der Waals surface area contributed by atoms with Gasteiger partial charge in [-0.1, -0.05) is 19.4 Å². The Balaban J connectivity index is 0.00000173. The summed E-state index contributed by atoms with van der Waals surface area (Å²) in [6.07, 6.45) is 10.3. The average Bonchev–Trinajstić information content (AvgIpc) is 3.57. The molecule has 3 N–H and O–H groups in total. The number of aliphatic hydroxyl groups is 1. The molecule has 0 saturated heterocycles. The molecule has 0 radical (unpaired) electrons. The van der Waals surface area contributed by atoms with Gasteiger partial charge in [0.25, 0.3) is 5.88 Å². The summed E-state index contributed by atoms with van der Waals surface area (Å²) in [4.78, 5) is 29.1. The molecule has 2 unspecified atom stereocenters. The van der Waals surface area contributed by atoms with Crippen LogP contribution in [0.3, 0.4) is 0 Å². The van der Waals surface area contributed by atoms with E-state index in [1.807, 2.05) is 13.8 Å². The second-order valence-electron chi connectivity index (χ2n) is 12.4. The number of hydrogen-bond acceptors (Lipinski definition) is 9. The highest BCUT2D eigenvalue weighted by Crippen LogP contribution is 2.68. The molecule has 3 fully saturated rings. The van der Waals surface area contributed by atoms with E-state index in [0.717, 1.165) is 37.1 Å². The number of oxazole rings is 1. The molecule has 0 aliphatic heterocycles. The third-order valence-corrected chi connectivity index (χ3v) is 10.9. The fourth-order valence-corrected chi connectivity index (χ4v) is 9.25. The molecule has 4 aliphatic carbocycles. The Morgan fingerprint density at radius 2 is 2.07 bits per heavy atom. The number of carbonyl (C=O) groups is 2. The first-order valence-electron chi connectivity index (χ1n) is 14.3. The number of nitrogens with one attached hydrogen (secondary N) is 2. The minimum Gasteiger partial charge on any atom is -0.459 e. The maximum absolute atomic E-state index is 13.4. The number of ether oxygens (including phenoxy) is 1. The van der Waals surface area contributed by atoms with Crippen LogP contribution < -0.4 is 15.4 Å². The molecular formula is C31H39FN4O5S. The van der Waals surface area contributed by atoms with E-state index >= 15 is 0 Å². The lowest BCUT2D eigenvalue weighted by atomic mass is 9.45. The van der Waals surface area contributed by atoms with Gasteiger partial charge in [0.15, 0.2) is 18.3 Å². The number of rotatable bonds is 7. The summed E-state index contributed by atoms with van der Waals surface area (Å²) in [5.74, 6) is 0.238. The highest BCUT2D eigenvalue weighted by atomic mass is 32.1. The van der Waals surface area contributed by atoms with E-state index in [0.29, 0.717) is 19.4 Å². The molecule has 6 rings (SSSR count). The number of hydrogen-bond donors (Lipinski definition) is 4. The molecular weight excluding hydrogens is 559 g/mol. The van der Waals surface area contributed by atoms with Crippen LogP contribution in [0.15, 0.2) is 58.3 Å². The monoisotopic (exact) mass is 598 g/mol. The van der Waals surface area contributed by atoms with Gasteiger partial charge >= 0.3 is 0 Å². The van der Waals surface area contributed by atoms with E-state index in [1.165, 1.54) is 36.1 Å². The van der Waals surface area contributed by atoms with Crippen molar-refractivity contribution in [2.45, 2.75) is 64.1 Å². The van der Waals surface area contributed by atoms with E-state index in [2.05, 4.69) is 53.2 Å². The van der Waals surface area contributed by atoms with Crippen LogP contribution in [0, 0.1) is 34.5 Å². The zero-order chi connectivity index (χ0) is 30.3. The van der Waals surface area contributed by atoms with Crippen LogP contribution in [0.2, 0.25) is 0 Å². The van der Waals surface area contributed by atoms with Crippen molar-refractivity contribution in [2.75, 3.05) is 18.9 Å². The number of carbonyl (C=O) groups excluding carboxylic acids is 2. The highest BCUT2D eigenvalue weighted by Gasteiger charge is 2.70. The van der Waals surface area contributed by atoms with Crippen LogP contribution in [0.25, 0.3) is 0 Å². The largest absolute Gasteiger partial charge is 0.459 e. The van der Waals surface area contributed by atoms with E-state index < -0.39 is 23.1 Å². The molecule has 11 heteroatoms. The lowest BCUT2D eigenvalue weighted by Crippen LogP contribution is -2.62. The Labute approximate surface area is 250 Å². The molecule has 4 aliphatic rings. The van der Waals surface area contributed by atoms with Gasteiger partial charge in [0.2, 0.25) is 11.1 Å². The fraction of sp³-hybridized carbons (Fsp3) is 0.548. The Morgan fingerprint density at radius 1 is 1.29 bits per heavy atom. The number of aromatic nitrogens is 2. The van der Waals surface area contributed by atoms with Gasteiger partial charge in [-0.25, -0.2) is 4.98 Å². The third kappa shape index (κ3) is 4.79. The number of anilines is 1. The van der Waals surface area contributed by atoms with Gasteiger partial charge in [0.1, 0.15) is 6.79 Å². The van der Waals surface area contributed by atoms with Crippen molar-refractivity contribution in [1.82, 2.24) is 15.3 Å². The lowest BCUT2D eigenvalue weighted by Gasteiger charge is -2.60. The number of likely N-dealkylation sites (N-methyl/N-ethyl adjacent to an activating group) is 1. The van der Waals surface area contributed by atoms with Crippen LogP contribution in [0.5, 0.6) is 5.88 Å². The van der Waals surface area contributed by atoms with Crippen molar-refractivity contribution in [2.24, 2.45) is 28.6 Å². The zero-order valence-electron chi connectivity index (χ0n) is 24.2. The zero-order valence-corrected chi connectivity index (χ0v) is 25.1. The first-order valence-corrected chi connectivity index (χ1v) is 14.8. The summed E-state index contributed by atoms with van der Waals surface area (Å²) in [7, 11) is 1.93. The minimum absolute atomic E-state index is 0.0457. The first-order chi connectivity index (χ1) is 20.1. The van der Waals surface area contributed by atoms with Gasteiger partial charge < -0.3 is 29.7 Å². The molecule has 226 valence electrons. The van der Waals surface area contributed by atoms with Crippen LogP contribution in [-0.4, -0.2) is 52.3 Å². The van der Waals surface area contributed by atoms with Crippen LogP contribution in [0.4, 0.5) is 10.1 Å². The van der Waals surface area contributed by atoms with Gasteiger partial charge in [0.05, 0.1) is 18.0 Å². The standard InChI is InChI=1S/C30H37FN4O4S.CH2O/c1-28-11-17(13-32-3)22(35-19-5-7-24(31)33-14-19)10-18(28)4-6-20-21-8-9-30(27(37)40,39-25-15-38-16-34-25)29(21,2)12-23(36)26(20)28;1-2/h5,7,10,14-16,20-21,23,26,32,35-36H,4,6,8-9,11-13H2,1-3H3,(H,37,40);1H2/t20-,21?,23-,26?,28-,29-,30-;/m0./s1. The van der Waals surface area contributed by atoms with E-state index in [1.54, 1.807) is 6.07 Å². The molecule has 0 spiro atoms. The smallest absolute Gasteiger partial charge is 0.253 e. The normalized spacial score (nSPS) is 35.1. The maximum Gasteiger partial charge on any atom is 0.253 e. The second kappa shape index (κ2) is 11.6. The molecule has 0 amide bonds. The van der Waals surface area contributed by atoms with E-state index in [4.69, 9.17) is 13.9 Å². The number of aliphatic hydroxyl groups excluding tert-OH is 1. The van der Waals surface area contributed by atoms with Gasteiger partial charge in [-0.05, 0) is 92.5 Å². The summed E-state index contributed by atoms with van der Waals surface area (Å²) < 4.78 is 24.8. The van der Waals surface area contributed by atoms with Gasteiger partial charge in [-0.3, -0.25) is 4.79 Å². The average molecular weight is 599 g/mol. The predicted octanol–water partition coefficient (Wildman–Crippen LogP) is 4.73. The maximum atomic E-state index is 13.4. The molecule has 2 heterocycles. The second-order valence-corrected chi connectivity index (χ2v) is 12.8. The van der Waals surface area contributed by atoms with E-state index in [-0.39, 0.29) is 34.2 Å². The summed E-state index contributed by atoms with van der Waals surface area (Å²) in [6.45, 7) is 7.08. The van der Waals surface area contributed by atoms with Crippen LogP contribution in [-0.2, 0) is 9.59 Å². The predicted molar refractivity (Wildman–Crippen MR) is 158 cm³/mol. The molecule has 9 nitrogen and oxygen atoms in total. The third-order valence-electron chi connectivity index (χ3n) is 10.5. The van der Waals surface area contributed by atoms with Crippen LogP contribution >= 0.6 is 12.6 Å². The van der Waals surface area contributed by atoms with Crippen molar-refractivity contribution in [3.8, 4) is 5.88 Å². The van der Waals surface area contributed by atoms with Crippen molar-refractivity contribution >= 4 is 30.2 Å². The minimum atomic E-state index is -1.18. The van der Waals surface area contributed by atoms with Crippen molar-refractivity contribution in [3.05, 3.63) is 59.9 Å². The number of halogens is 1. The Kier molecular flexibility index (Phi) is 8.39. The van der Waals surface area contributed by atoms with Gasteiger partial charge in [-0.15, -0.1) is 12.6 Å². The molecule has 7 atom stereocenters. The quantitative estimate of drug-likeness (QED) is 0.264.